The molecule has 0 aromatic heterocycles. The van der Waals surface area contributed by atoms with E-state index in [9.17, 15) is 9.59 Å². The Bertz CT molecular complexity index is 417. The largest absolute Gasteiger partial charge is 0.465 e. The van der Waals surface area contributed by atoms with Crippen LogP contribution >= 0.6 is 0 Å². The average Bonchev–Trinajstić information content (AvgIpc) is 2.73. The number of hydrogen-bond donors (Lipinski definition) is 0. The molecule has 0 heterocycles. The molecule has 0 aromatic rings. The van der Waals surface area contributed by atoms with E-state index in [1.807, 2.05) is 0 Å². The standard InChI is InChI=1S/C26H50O4/c1-5-7-9-11-12-13-14-15-16-17-19-21-23-30-25(28)26(3,4)24(27)29-22-20-18-10-8-6-2/h5-23H2,1-4H3. The van der Waals surface area contributed by atoms with Crippen LogP contribution in [0.15, 0.2) is 0 Å². The molecule has 0 aliphatic heterocycles. The second kappa shape index (κ2) is 19.9. The van der Waals surface area contributed by atoms with Gasteiger partial charge in [0.25, 0.3) is 0 Å². The van der Waals surface area contributed by atoms with Crippen LogP contribution in [0.5, 0.6) is 0 Å². The molecule has 0 rings (SSSR count). The fourth-order valence-corrected chi connectivity index (χ4v) is 3.42. The minimum Gasteiger partial charge on any atom is -0.465 e. The van der Waals surface area contributed by atoms with Gasteiger partial charge in [-0.15, -0.1) is 0 Å². The first-order chi connectivity index (χ1) is 14.5. The van der Waals surface area contributed by atoms with Gasteiger partial charge >= 0.3 is 11.9 Å². The molecule has 0 aromatic carbocycles. The first-order valence-electron chi connectivity index (χ1n) is 12.8. The number of hydrogen-bond acceptors (Lipinski definition) is 4. The molecule has 0 aliphatic carbocycles. The normalized spacial score (nSPS) is 11.5. The molecule has 30 heavy (non-hydrogen) atoms. The number of unbranched alkanes of at least 4 members (excludes halogenated alkanes) is 15. The number of carbonyl (C=O) groups excluding carboxylic acids is 2. The van der Waals surface area contributed by atoms with Crippen molar-refractivity contribution in [3.05, 3.63) is 0 Å². The van der Waals surface area contributed by atoms with E-state index >= 15 is 0 Å². The number of esters is 2. The highest BCUT2D eigenvalue weighted by Crippen LogP contribution is 2.20. The summed E-state index contributed by atoms with van der Waals surface area (Å²) in [6.45, 7) is 8.40. The predicted molar refractivity (Wildman–Crippen MR) is 126 cm³/mol. The second-order valence-electron chi connectivity index (χ2n) is 9.20. The van der Waals surface area contributed by atoms with Crippen LogP contribution in [0.25, 0.3) is 0 Å². The smallest absolute Gasteiger partial charge is 0.322 e. The third-order valence-electron chi connectivity index (χ3n) is 5.73. The van der Waals surface area contributed by atoms with Crippen molar-refractivity contribution in [1.82, 2.24) is 0 Å². The van der Waals surface area contributed by atoms with Crippen LogP contribution in [0.4, 0.5) is 0 Å². The molecule has 0 fully saturated rings. The van der Waals surface area contributed by atoms with Crippen LogP contribution in [-0.4, -0.2) is 25.2 Å². The Morgan fingerprint density at radius 1 is 0.500 bits per heavy atom. The summed E-state index contributed by atoms with van der Waals surface area (Å²) in [6, 6.07) is 0. The molecule has 4 nitrogen and oxygen atoms in total. The zero-order chi connectivity index (χ0) is 22.5. The highest BCUT2D eigenvalue weighted by atomic mass is 16.6. The minimum absolute atomic E-state index is 0.387. The summed E-state index contributed by atoms with van der Waals surface area (Å²) in [5.41, 5.74) is -1.22. The average molecular weight is 427 g/mol. The maximum atomic E-state index is 12.3. The van der Waals surface area contributed by atoms with Crippen LogP contribution in [0.2, 0.25) is 0 Å². The Balaban J connectivity index is 3.63. The van der Waals surface area contributed by atoms with Gasteiger partial charge in [-0.25, -0.2) is 0 Å². The highest BCUT2D eigenvalue weighted by molar-refractivity contribution is 5.99. The van der Waals surface area contributed by atoms with Crippen LogP contribution in [0, 0.1) is 5.41 Å². The maximum absolute atomic E-state index is 12.3. The lowest BCUT2D eigenvalue weighted by Gasteiger charge is -2.20. The molecular formula is C26H50O4. The van der Waals surface area contributed by atoms with E-state index < -0.39 is 17.4 Å². The van der Waals surface area contributed by atoms with Crippen LogP contribution in [0.3, 0.4) is 0 Å². The molecule has 0 saturated carbocycles. The monoisotopic (exact) mass is 426 g/mol. The molecule has 0 unspecified atom stereocenters. The molecule has 0 spiro atoms. The third-order valence-corrected chi connectivity index (χ3v) is 5.73. The van der Waals surface area contributed by atoms with E-state index in [4.69, 9.17) is 9.47 Å². The van der Waals surface area contributed by atoms with Crippen LogP contribution < -0.4 is 0 Å². The lowest BCUT2D eigenvalue weighted by molar-refractivity contribution is -0.169. The summed E-state index contributed by atoms with van der Waals surface area (Å²) in [5.74, 6) is -0.945. The Morgan fingerprint density at radius 2 is 0.767 bits per heavy atom. The molecule has 0 aliphatic rings. The van der Waals surface area contributed by atoms with E-state index in [1.54, 1.807) is 13.8 Å². The fraction of sp³-hybridized carbons (Fsp3) is 0.923. The summed E-state index contributed by atoms with van der Waals surface area (Å²) in [5, 5.41) is 0. The van der Waals surface area contributed by atoms with Gasteiger partial charge in [0.2, 0.25) is 0 Å². The minimum atomic E-state index is -1.22. The van der Waals surface area contributed by atoms with Crippen molar-refractivity contribution in [2.45, 2.75) is 137 Å². The van der Waals surface area contributed by atoms with Gasteiger partial charge in [0, 0.05) is 0 Å². The number of ether oxygens (including phenoxy) is 2. The summed E-state index contributed by atoms with van der Waals surface area (Å²) in [4.78, 5) is 24.5. The van der Waals surface area contributed by atoms with E-state index in [2.05, 4.69) is 13.8 Å². The zero-order valence-corrected chi connectivity index (χ0v) is 20.6. The third kappa shape index (κ3) is 15.7. The van der Waals surface area contributed by atoms with E-state index in [1.165, 1.54) is 83.5 Å². The molecule has 178 valence electrons. The predicted octanol–water partition coefficient (Wildman–Crippen LogP) is 7.77. The molecule has 4 heteroatoms. The lowest BCUT2D eigenvalue weighted by Crippen LogP contribution is -2.37. The van der Waals surface area contributed by atoms with Gasteiger partial charge in [0.05, 0.1) is 13.2 Å². The molecule has 0 amide bonds. The van der Waals surface area contributed by atoms with Crippen molar-refractivity contribution >= 4 is 11.9 Å². The summed E-state index contributed by atoms with van der Waals surface area (Å²) in [6.07, 6.45) is 20.8. The van der Waals surface area contributed by atoms with Crippen LogP contribution in [0.1, 0.15) is 137 Å². The lowest BCUT2D eigenvalue weighted by atomic mass is 9.94. The van der Waals surface area contributed by atoms with E-state index in [-0.39, 0.29) is 0 Å². The van der Waals surface area contributed by atoms with Gasteiger partial charge in [-0.05, 0) is 26.7 Å². The van der Waals surface area contributed by atoms with Crippen molar-refractivity contribution in [3.8, 4) is 0 Å². The van der Waals surface area contributed by atoms with E-state index in [0.717, 1.165) is 25.7 Å². The topological polar surface area (TPSA) is 52.6 Å². The molecule has 0 atom stereocenters. The van der Waals surface area contributed by atoms with Crippen molar-refractivity contribution in [1.29, 1.82) is 0 Å². The highest BCUT2D eigenvalue weighted by Gasteiger charge is 2.39. The van der Waals surface area contributed by atoms with Crippen molar-refractivity contribution in [3.63, 3.8) is 0 Å². The quantitative estimate of drug-likeness (QED) is 0.107. The first kappa shape index (κ1) is 28.9. The van der Waals surface area contributed by atoms with Gasteiger partial charge in [-0.2, -0.15) is 0 Å². The molecule has 0 N–H and O–H groups in total. The van der Waals surface area contributed by atoms with Crippen molar-refractivity contribution < 1.29 is 19.1 Å². The summed E-state index contributed by atoms with van der Waals surface area (Å²) < 4.78 is 10.6. The van der Waals surface area contributed by atoms with Crippen molar-refractivity contribution in [2.75, 3.05) is 13.2 Å². The molecule has 0 bridgehead atoms. The molecule has 0 radical (unpaired) electrons. The zero-order valence-electron chi connectivity index (χ0n) is 20.6. The van der Waals surface area contributed by atoms with E-state index in [0.29, 0.717) is 13.2 Å². The Labute approximate surface area is 186 Å². The van der Waals surface area contributed by atoms with Gasteiger partial charge < -0.3 is 9.47 Å². The molecular weight excluding hydrogens is 376 g/mol. The van der Waals surface area contributed by atoms with Gasteiger partial charge in [-0.3, -0.25) is 9.59 Å². The van der Waals surface area contributed by atoms with Gasteiger partial charge in [0.15, 0.2) is 5.41 Å². The first-order valence-corrected chi connectivity index (χ1v) is 12.8. The summed E-state index contributed by atoms with van der Waals surface area (Å²) in [7, 11) is 0. The van der Waals surface area contributed by atoms with Crippen LogP contribution in [-0.2, 0) is 19.1 Å². The fourth-order valence-electron chi connectivity index (χ4n) is 3.42. The Kier molecular flexibility index (Phi) is 19.2. The second-order valence-corrected chi connectivity index (χ2v) is 9.20. The number of rotatable bonds is 21. The Hall–Kier alpha value is -1.06. The van der Waals surface area contributed by atoms with Crippen molar-refractivity contribution in [2.24, 2.45) is 5.41 Å². The Morgan fingerprint density at radius 3 is 1.07 bits per heavy atom. The summed E-state index contributed by atoms with van der Waals surface area (Å²) >= 11 is 0. The maximum Gasteiger partial charge on any atom is 0.322 e. The van der Waals surface area contributed by atoms with Gasteiger partial charge in [0.1, 0.15) is 0 Å². The SMILES string of the molecule is CCCCCCCCCCCCCCOC(=O)C(C)(C)C(=O)OCCCCCCC. The molecule has 0 saturated heterocycles. The number of carbonyl (C=O) groups is 2. The van der Waals surface area contributed by atoms with Gasteiger partial charge in [-0.1, -0.05) is 110 Å².